The molecule has 1 aromatic carbocycles. The molecule has 0 unspecified atom stereocenters. The summed E-state index contributed by atoms with van der Waals surface area (Å²) in [5.74, 6) is -0.362. The van der Waals surface area contributed by atoms with Crippen LogP contribution in [0.1, 0.15) is 12.0 Å². The molecule has 1 rings (SSSR count). The van der Waals surface area contributed by atoms with E-state index in [9.17, 15) is 4.39 Å². The highest BCUT2D eigenvalue weighted by Gasteiger charge is 1.99. The molecular formula is C10H10ClF. The summed E-state index contributed by atoms with van der Waals surface area (Å²) in [6, 6.07) is 4.78. The molecule has 2 heteroatoms. The topological polar surface area (TPSA) is 0 Å². The van der Waals surface area contributed by atoms with Crippen LogP contribution in [0.25, 0.3) is 0 Å². The molecule has 0 aliphatic carbocycles. The minimum Gasteiger partial charge on any atom is -0.205 e. The van der Waals surface area contributed by atoms with Gasteiger partial charge in [0.15, 0.2) is 0 Å². The van der Waals surface area contributed by atoms with Crippen LogP contribution in [0.2, 0.25) is 5.02 Å². The molecule has 1 aromatic rings. The lowest BCUT2D eigenvalue weighted by Crippen LogP contribution is -1.85. The molecule has 0 amide bonds. The molecule has 0 N–H and O–H groups in total. The van der Waals surface area contributed by atoms with E-state index in [0.717, 1.165) is 18.4 Å². The summed E-state index contributed by atoms with van der Waals surface area (Å²) < 4.78 is 12.7. The van der Waals surface area contributed by atoms with E-state index >= 15 is 0 Å². The highest BCUT2D eigenvalue weighted by atomic mass is 35.5. The van der Waals surface area contributed by atoms with Crippen LogP contribution >= 0.6 is 11.6 Å². The molecule has 0 spiro atoms. The van der Waals surface area contributed by atoms with Crippen molar-refractivity contribution in [3.05, 3.63) is 47.3 Å². The van der Waals surface area contributed by atoms with E-state index in [1.807, 2.05) is 6.08 Å². The first kappa shape index (κ1) is 9.27. The molecule has 12 heavy (non-hydrogen) atoms. The monoisotopic (exact) mass is 184 g/mol. The van der Waals surface area contributed by atoms with Crippen LogP contribution in [0, 0.1) is 5.82 Å². The molecule has 0 saturated carbocycles. The summed E-state index contributed by atoms with van der Waals surface area (Å²) in [5, 5.41) is 0.191. The summed E-state index contributed by atoms with van der Waals surface area (Å²) >= 11 is 5.59. The van der Waals surface area contributed by atoms with Gasteiger partial charge >= 0.3 is 0 Å². The molecular weight excluding hydrogens is 175 g/mol. The second-order valence-electron chi connectivity index (χ2n) is 2.58. The van der Waals surface area contributed by atoms with E-state index in [4.69, 9.17) is 11.6 Å². The second kappa shape index (κ2) is 4.27. The van der Waals surface area contributed by atoms with Gasteiger partial charge < -0.3 is 0 Å². The third-order valence-corrected chi connectivity index (χ3v) is 1.91. The third kappa shape index (κ3) is 2.35. The molecule has 0 bridgehead atoms. The van der Waals surface area contributed by atoms with Crippen molar-refractivity contribution < 1.29 is 4.39 Å². The Labute approximate surface area is 76.7 Å². The van der Waals surface area contributed by atoms with Gasteiger partial charge in [-0.2, -0.15) is 0 Å². The van der Waals surface area contributed by atoms with Gasteiger partial charge in [-0.1, -0.05) is 23.7 Å². The zero-order valence-electron chi connectivity index (χ0n) is 6.69. The van der Waals surface area contributed by atoms with E-state index in [0.29, 0.717) is 0 Å². The first-order chi connectivity index (χ1) is 5.74. The average molecular weight is 185 g/mol. The number of aryl methyl sites for hydroxylation is 1. The van der Waals surface area contributed by atoms with Crippen molar-refractivity contribution in [2.75, 3.05) is 0 Å². The predicted octanol–water partition coefficient (Wildman–Crippen LogP) is 3.60. The predicted molar refractivity (Wildman–Crippen MR) is 49.9 cm³/mol. The second-order valence-corrected chi connectivity index (χ2v) is 2.98. The lowest BCUT2D eigenvalue weighted by atomic mass is 10.1. The first-order valence-corrected chi connectivity index (χ1v) is 4.16. The number of hydrogen-bond donors (Lipinski definition) is 0. The van der Waals surface area contributed by atoms with Crippen LogP contribution in [-0.2, 0) is 6.42 Å². The fourth-order valence-corrected chi connectivity index (χ4v) is 1.17. The van der Waals surface area contributed by atoms with Crippen LogP contribution < -0.4 is 0 Å². The lowest BCUT2D eigenvalue weighted by molar-refractivity contribution is 0.627. The Morgan fingerprint density at radius 1 is 1.50 bits per heavy atom. The maximum absolute atomic E-state index is 12.7. The highest BCUT2D eigenvalue weighted by Crippen LogP contribution is 2.16. The fraction of sp³-hybridized carbons (Fsp3) is 0.200. The van der Waals surface area contributed by atoms with Gasteiger partial charge in [0.25, 0.3) is 0 Å². The van der Waals surface area contributed by atoms with Gasteiger partial charge in [-0.15, -0.1) is 6.58 Å². The summed E-state index contributed by atoms with van der Waals surface area (Å²) in [7, 11) is 0. The minimum atomic E-state index is -0.362. The third-order valence-electron chi connectivity index (χ3n) is 1.62. The molecule has 0 saturated heterocycles. The Morgan fingerprint density at radius 2 is 2.25 bits per heavy atom. The van der Waals surface area contributed by atoms with Crippen molar-refractivity contribution in [3.8, 4) is 0 Å². The Balaban J connectivity index is 2.75. The van der Waals surface area contributed by atoms with Crippen molar-refractivity contribution in [1.29, 1.82) is 0 Å². The zero-order valence-corrected chi connectivity index (χ0v) is 7.44. The number of rotatable bonds is 3. The van der Waals surface area contributed by atoms with E-state index in [1.54, 1.807) is 12.1 Å². The van der Waals surface area contributed by atoms with Gasteiger partial charge in [0.2, 0.25) is 0 Å². The number of allylic oxidation sites excluding steroid dienone is 1. The minimum absolute atomic E-state index is 0.191. The molecule has 0 heterocycles. The van der Waals surface area contributed by atoms with Crippen LogP contribution in [0.5, 0.6) is 0 Å². The Bertz CT molecular complexity index is 281. The first-order valence-electron chi connectivity index (χ1n) is 3.79. The molecule has 0 atom stereocenters. The van der Waals surface area contributed by atoms with Crippen LogP contribution in [0.15, 0.2) is 30.9 Å². The van der Waals surface area contributed by atoms with E-state index in [2.05, 4.69) is 6.58 Å². The molecule has 0 fully saturated rings. The molecule has 0 nitrogen and oxygen atoms in total. The van der Waals surface area contributed by atoms with Crippen LogP contribution in [-0.4, -0.2) is 0 Å². The SMILES string of the molecule is C=CCCc1ccc(F)c(Cl)c1. The van der Waals surface area contributed by atoms with Crippen molar-refractivity contribution in [2.45, 2.75) is 12.8 Å². The van der Waals surface area contributed by atoms with E-state index in [1.165, 1.54) is 6.07 Å². The summed E-state index contributed by atoms with van der Waals surface area (Å²) in [6.45, 7) is 3.61. The number of hydrogen-bond acceptors (Lipinski definition) is 0. The highest BCUT2D eigenvalue weighted by molar-refractivity contribution is 6.30. The number of halogens is 2. The normalized spacial score (nSPS) is 9.83. The van der Waals surface area contributed by atoms with Crippen LogP contribution in [0.3, 0.4) is 0 Å². The van der Waals surface area contributed by atoms with Gasteiger partial charge in [-0.3, -0.25) is 0 Å². The molecule has 0 aliphatic rings. The van der Waals surface area contributed by atoms with Crippen molar-refractivity contribution in [1.82, 2.24) is 0 Å². The van der Waals surface area contributed by atoms with Crippen LogP contribution in [0.4, 0.5) is 4.39 Å². The molecule has 0 aromatic heterocycles. The van der Waals surface area contributed by atoms with E-state index < -0.39 is 0 Å². The summed E-state index contributed by atoms with van der Waals surface area (Å²) in [4.78, 5) is 0. The van der Waals surface area contributed by atoms with Gasteiger partial charge in [-0.25, -0.2) is 4.39 Å². The summed E-state index contributed by atoms with van der Waals surface area (Å²) in [6.07, 6.45) is 3.59. The Kier molecular flexibility index (Phi) is 3.30. The molecule has 0 aliphatic heterocycles. The van der Waals surface area contributed by atoms with Gasteiger partial charge in [0.1, 0.15) is 5.82 Å². The maximum Gasteiger partial charge on any atom is 0.141 e. The molecule has 0 radical (unpaired) electrons. The maximum atomic E-state index is 12.7. The lowest BCUT2D eigenvalue weighted by Gasteiger charge is -1.99. The van der Waals surface area contributed by atoms with Gasteiger partial charge in [0.05, 0.1) is 5.02 Å². The quantitative estimate of drug-likeness (QED) is 0.630. The average Bonchev–Trinajstić information content (AvgIpc) is 2.07. The Morgan fingerprint density at radius 3 is 2.83 bits per heavy atom. The van der Waals surface area contributed by atoms with Gasteiger partial charge in [0, 0.05) is 0 Å². The smallest absolute Gasteiger partial charge is 0.141 e. The van der Waals surface area contributed by atoms with Crippen molar-refractivity contribution in [3.63, 3.8) is 0 Å². The zero-order chi connectivity index (χ0) is 8.97. The van der Waals surface area contributed by atoms with Crippen molar-refractivity contribution >= 4 is 11.6 Å². The summed E-state index contributed by atoms with van der Waals surface area (Å²) in [5.41, 5.74) is 1.04. The molecule has 64 valence electrons. The van der Waals surface area contributed by atoms with Crippen molar-refractivity contribution in [2.24, 2.45) is 0 Å². The Hall–Kier alpha value is -0.820. The number of benzene rings is 1. The van der Waals surface area contributed by atoms with Gasteiger partial charge in [-0.05, 0) is 30.5 Å². The standard InChI is InChI=1S/C10H10ClF/c1-2-3-4-8-5-6-10(12)9(11)7-8/h2,5-7H,1,3-4H2. The van der Waals surface area contributed by atoms with E-state index in [-0.39, 0.29) is 10.8 Å². The largest absolute Gasteiger partial charge is 0.205 e. The fourth-order valence-electron chi connectivity index (χ4n) is 0.964.